The standard InChI is InChI=1S/C12H19NO2S/c1-12(2,3)10-6-5-9(16-10)7-13-8-11(14)15-4/h5-6,13H,7-8H2,1-4H3. The summed E-state index contributed by atoms with van der Waals surface area (Å²) in [5.74, 6) is -0.229. The molecule has 0 unspecified atom stereocenters. The number of thiophene rings is 1. The molecule has 0 spiro atoms. The molecule has 3 nitrogen and oxygen atoms in total. The molecule has 0 fully saturated rings. The Bertz CT molecular complexity index is 352. The van der Waals surface area contributed by atoms with Gasteiger partial charge in [0.05, 0.1) is 13.7 Å². The van der Waals surface area contributed by atoms with Gasteiger partial charge in [0.2, 0.25) is 0 Å². The molecule has 0 aromatic carbocycles. The third kappa shape index (κ3) is 3.94. The van der Waals surface area contributed by atoms with Crippen LogP contribution in [0.1, 0.15) is 30.5 Å². The first-order chi connectivity index (χ1) is 7.43. The van der Waals surface area contributed by atoms with Crippen LogP contribution in [0.3, 0.4) is 0 Å². The third-order valence-electron chi connectivity index (χ3n) is 2.20. The van der Waals surface area contributed by atoms with Gasteiger partial charge in [-0.3, -0.25) is 4.79 Å². The average molecular weight is 241 g/mol. The molecule has 1 heterocycles. The van der Waals surface area contributed by atoms with Gasteiger partial charge >= 0.3 is 5.97 Å². The monoisotopic (exact) mass is 241 g/mol. The van der Waals surface area contributed by atoms with E-state index in [9.17, 15) is 4.79 Å². The molecule has 0 amide bonds. The predicted octanol–water partition coefficient (Wildman–Crippen LogP) is 2.31. The lowest BCUT2D eigenvalue weighted by molar-refractivity contribution is -0.139. The minimum Gasteiger partial charge on any atom is -0.468 e. The van der Waals surface area contributed by atoms with Gasteiger partial charge in [0.1, 0.15) is 0 Å². The highest BCUT2D eigenvalue weighted by molar-refractivity contribution is 7.12. The summed E-state index contributed by atoms with van der Waals surface area (Å²) < 4.78 is 4.55. The van der Waals surface area contributed by atoms with Crippen LogP contribution in [0.4, 0.5) is 0 Å². The molecule has 90 valence electrons. The molecule has 0 saturated heterocycles. The van der Waals surface area contributed by atoms with Crippen LogP contribution in [-0.2, 0) is 21.5 Å². The van der Waals surface area contributed by atoms with E-state index in [0.29, 0.717) is 0 Å². The fourth-order valence-corrected chi connectivity index (χ4v) is 2.27. The molecule has 0 aliphatic carbocycles. The lowest BCUT2D eigenvalue weighted by Crippen LogP contribution is -2.22. The van der Waals surface area contributed by atoms with E-state index in [1.54, 1.807) is 11.3 Å². The van der Waals surface area contributed by atoms with E-state index in [2.05, 4.69) is 43.0 Å². The van der Waals surface area contributed by atoms with Gasteiger partial charge in [-0.25, -0.2) is 0 Å². The molecule has 0 aliphatic rings. The number of carbonyl (C=O) groups excluding carboxylic acids is 1. The van der Waals surface area contributed by atoms with Crippen molar-refractivity contribution in [3.05, 3.63) is 21.9 Å². The van der Waals surface area contributed by atoms with Crippen LogP contribution in [-0.4, -0.2) is 19.6 Å². The minimum absolute atomic E-state index is 0.200. The van der Waals surface area contributed by atoms with Crippen molar-refractivity contribution < 1.29 is 9.53 Å². The summed E-state index contributed by atoms with van der Waals surface area (Å²) in [6, 6.07) is 4.26. The van der Waals surface area contributed by atoms with Crippen LogP contribution in [0.5, 0.6) is 0 Å². The summed E-state index contributed by atoms with van der Waals surface area (Å²) in [5.41, 5.74) is 0.200. The molecule has 0 bridgehead atoms. The number of hydrogen-bond acceptors (Lipinski definition) is 4. The van der Waals surface area contributed by atoms with Gasteiger partial charge in [-0.05, 0) is 17.5 Å². The third-order valence-corrected chi connectivity index (χ3v) is 3.71. The largest absolute Gasteiger partial charge is 0.468 e. The number of esters is 1. The maximum atomic E-state index is 10.9. The second-order valence-corrected chi connectivity index (χ2v) is 5.86. The molecule has 0 aliphatic heterocycles. The van der Waals surface area contributed by atoms with Gasteiger partial charge in [0.25, 0.3) is 0 Å². The van der Waals surface area contributed by atoms with Crippen molar-refractivity contribution in [2.45, 2.75) is 32.7 Å². The summed E-state index contributed by atoms with van der Waals surface area (Å²) in [7, 11) is 1.40. The molecular formula is C12H19NO2S. The first-order valence-electron chi connectivity index (χ1n) is 5.30. The van der Waals surface area contributed by atoms with Crippen molar-refractivity contribution in [2.24, 2.45) is 0 Å². The number of nitrogens with one attached hydrogen (secondary N) is 1. The first-order valence-corrected chi connectivity index (χ1v) is 6.12. The minimum atomic E-state index is -0.229. The second kappa shape index (κ2) is 5.46. The SMILES string of the molecule is COC(=O)CNCc1ccc(C(C)(C)C)s1. The highest BCUT2D eigenvalue weighted by atomic mass is 32.1. The molecular weight excluding hydrogens is 222 g/mol. The Balaban J connectivity index is 2.44. The molecule has 4 heteroatoms. The van der Waals surface area contributed by atoms with Crippen molar-refractivity contribution >= 4 is 17.3 Å². The van der Waals surface area contributed by atoms with Gasteiger partial charge in [0, 0.05) is 16.3 Å². The van der Waals surface area contributed by atoms with Crippen LogP contribution >= 0.6 is 11.3 Å². The first kappa shape index (κ1) is 13.2. The maximum Gasteiger partial charge on any atom is 0.319 e. The smallest absolute Gasteiger partial charge is 0.319 e. The highest BCUT2D eigenvalue weighted by Gasteiger charge is 2.15. The molecule has 0 atom stereocenters. The molecule has 0 radical (unpaired) electrons. The van der Waals surface area contributed by atoms with Gasteiger partial charge in [-0.2, -0.15) is 0 Å². The van der Waals surface area contributed by atoms with Crippen LogP contribution in [0.2, 0.25) is 0 Å². The highest BCUT2D eigenvalue weighted by Crippen LogP contribution is 2.29. The van der Waals surface area contributed by atoms with E-state index in [0.717, 1.165) is 6.54 Å². The summed E-state index contributed by atoms with van der Waals surface area (Å²) in [5, 5.41) is 3.05. The molecule has 1 N–H and O–H groups in total. The van der Waals surface area contributed by atoms with E-state index in [1.807, 2.05) is 0 Å². The number of ether oxygens (including phenoxy) is 1. The Morgan fingerprint density at radius 2 is 2.12 bits per heavy atom. The van der Waals surface area contributed by atoms with E-state index in [4.69, 9.17) is 0 Å². The van der Waals surface area contributed by atoms with Crippen molar-refractivity contribution in [2.75, 3.05) is 13.7 Å². The Hall–Kier alpha value is -0.870. The van der Waals surface area contributed by atoms with Gasteiger partial charge in [0.15, 0.2) is 0 Å². The topological polar surface area (TPSA) is 38.3 Å². The number of hydrogen-bond donors (Lipinski definition) is 1. The normalized spacial score (nSPS) is 11.5. The van der Waals surface area contributed by atoms with E-state index >= 15 is 0 Å². The van der Waals surface area contributed by atoms with Crippen molar-refractivity contribution in [3.63, 3.8) is 0 Å². The fourth-order valence-electron chi connectivity index (χ4n) is 1.24. The molecule has 16 heavy (non-hydrogen) atoms. The summed E-state index contributed by atoms with van der Waals surface area (Å²) in [6.45, 7) is 7.58. The zero-order valence-electron chi connectivity index (χ0n) is 10.3. The molecule has 1 aromatic rings. The Labute approximate surface area is 101 Å². The van der Waals surface area contributed by atoms with E-state index < -0.39 is 0 Å². The van der Waals surface area contributed by atoms with Crippen LogP contribution in [0, 0.1) is 0 Å². The van der Waals surface area contributed by atoms with Crippen molar-refractivity contribution in [3.8, 4) is 0 Å². The van der Waals surface area contributed by atoms with Crippen LogP contribution in [0.25, 0.3) is 0 Å². The maximum absolute atomic E-state index is 10.9. The van der Waals surface area contributed by atoms with Crippen LogP contribution in [0.15, 0.2) is 12.1 Å². The van der Waals surface area contributed by atoms with Crippen LogP contribution < -0.4 is 5.32 Å². The lowest BCUT2D eigenvalue weighted by Gasteiger charge is -2.15. The Morgan fingerprint density at radius 3 is 2.62 bits per heavy atom. The molecule has 1 rings (SSSR count). The average Bonchev–Trinajstić information content (AvgIpc) is 2.65. The van der Waals surface area contributed by atoms with Crippen molar-refractivity contribution in [1.29, 1.82) is 0 Å². The quantitative estimate of drug-likeness (QED) is 0.822. The fraction of sp³-hybridized carbons (Fsp3) is 0.583. The van der Waals surface area contributed by atoms with Crippen molar-refractivity contribution in [1.82, 2.24) is 5.32 Å². The molecule has 1 aromatic heterocycles. The van der Waals surface area contributed by atoms with Gasteiger partial charge < -0.3 is 10.1 Å². The number of methoxy groups -OCH3 is 1. The lowest BCUT2D eigenvalue weighted by atomic mass is 9.95. The summed E-state index contributed by atoms with van der Waals surface area (Å²) in [6.07, 6.45) is 0. The van der Waals surface area contributed by atoms with E-state index in [1.165, 1.54) is 16.9 Å². The van der Waals surface area contributed by atoms with Gasteiger partial charge in [-0.1, -0.05) is 20.8 Å². The van der Waals surface area contributed by atoms with Gasteiger partial charge in [-0.15, -0.1) is 11.3 Å². The summed E-state index contributed by atoms with van der Waals surface area (Å²) >= 11 is 1.78. The number of carbonyl (C=O) groups is 1. The summed E-state index contributed by atoms with van der Waals surface area (Å²) in [4.78, 5) is 13.5. The molecule has 0 saturated carbocycles. The number of rotatable bonds is 4. The van der Waals surface area contributed by atoms with E-state index in [-0.39, 0.29) is 17.9 Å². The zero-order valence-corrected chi connectivity index (χ0v) is 11.1. The second-order valence-electron chi connectivity index (χ2n) is 4.70. The Kier molecular flexibility index (Phi) is 4.50. The zero-order chi connectivity index (χ0) is 12.2. The predicted molar refractivity (Wildman–Crippen MR) is 66.7 cm³/mol. The Morgan fingerprint density at radius 1 is 1.44 bits per heavy atom.